The van der Waals surface area contributed by atoms with Gasteiger partial charge in [-0.2, -0.15) is 10.1 Å². The maximum Gasteiger partial charge on any atom is 0.227 e. The molecular weight excluding hydrogens is 494 g/mol. The molecule has 4 aromatic heterocycles. The topological polar surface area (TPSA) is 87.9 Å². The van der Waals surface area contributed by atoms with Crippen molar-refractivity contribution in [3.8, 4) is 10.6 Å². The van der Waals surface area contributed by atoms with Crippen molar-refractivity contribution in [1.29, 1.82) is 0 Å². The molecule has 2 fully saturated rings. The summed E-state index contributed by atoms with van der Waals surface area (Å²) in [4.78, 5) is 24.1. The number of aromatic nitrogens is 6. The number of nitrogens with zero attached hydrogens (tertiary/aromatic N) is 8. The molecule has 6 heterocycles. The molecule has 9 nitrogen and oxygen atoms in total. The highest BCUT2D eigenvalue weighted by molar-refractivity contribution is 7.21. The summed E-state index contributed by atoms with van der Waals surface area (Å²) in [5.41, 5.74) is 4.07. The van der Waals surface area contributed by atoms with Crippen molar-refractivity contribution in [1.82, 2.24) is 34.6 Å². The van der Waals surface area contributed by atoms with Crippen molar-refractivity contribution in [2.45, 2.75) is 38.9 Å². The van der Waals surface area contributed by atoms with Gasteiger partial charge >= 0.3 is 0 Å². The van der Waals surface area contributed by atoms with Crippen LogP contribution in [0.3, 0.4) is 0 Å². The fourth-order valence-corrected chi connectivity index (χ4v) is 6.51. The Balaban J connectivity index is 1.09. The van der Waals surface area contributed by atoms with Gasteiger partial charge in [0, 0.05) is 61.0 Å². The Labute approximate surface area is 225 Å². The molecule has 2 bridgehead atoms. The highest BCUT2D eigenvalue weighted by Gasteiger charge is 2.43. The number of piperazine rings is 1. The zero-order chi connectivity index (χ0) is 25.6. The van der Waals surface area contributed by atoms with Crippen LogP contribution in [0.15, 0.2) is 61.1 Å². The van der Waals surface area contributed by atoms with Crippen molar-refractivity contribution < 1.29 is 0 Å². The number of thiazole rings is 1. The van der Waals surface area contributed by atoms with Gasteiger partial charge in [-0.25, -0.2) is 15.0 Å². The van der Waals surface area contributed by atoms with Crippen LogP contribution in [0.25, 0.3) is 20.8 Å². The van der Waals surface area contributed by atoms with Gasteiger partial charge in [0.05, 0.1) is 23.0 Å². The van der Waals surface area contributed by atoms with Gasteiger partial charge in [-0.1, -0.05) is 37.3 Å². The highest BCUT2D eigenvalue weighted by Crippen LogP contribution is 2.34. The van der Waals surface area contributed by atoms with E-state index in [1.165, 1.54) is 12.0 Å². The lowest BCUT2D eigenvalue weighted by atomic mass is 10.2. The van der Waals surface area contributed by atoms with Gasteiger partial charge < -0.3 is 10.2 Å². The lowest BCUT2D eigenvalue weighted by Gasteiger charge is -2.33. The molecule has 10 heteroatoms. The number of pyridine rings is 1. The number of fused-ring (bicyclic) bond motifs is 3. The minimum Gasteiger partial charge on any atom is -0.335 e. The van der Waals surface area contributed by atoms with Gasteiger partial charge in [0.2, 0.25) is 5.95 Å². The predicted octanol–water partition coefficient (Wildman–Crippen LogP) is 4.73. The molecular formula is C28H29N9S. The Morgan fingerprint density at radius 1 is 1.00 bits per heavy atom. The van der Waals surface area contributed by atoms with Crippen LogP contribution in [0.1, 0.15) is 24.6 Å². The molecule has 192 valence electrons. The fourth-order valence-electron chi connectivity index (χ4n) is 5.62. The van der Waals surface area contributed by atoms with E-state index in [9.17, 15) is 0 Å². The molecule has 2 saturated heterocycles. The number of likely N-dealkylation sites (tertiary alicyclic amines) is 1. The second kappa shape index (κ2) is 9.45. The number of hydrogen-bond acceptors (Lipinski definition) is 9. The van der Waals surface area contributed by atoms with E-state index < -0.39 is 0 Å². The second-order valence-corrected chi connectivity index (χ2v) is 11.1. The van der Waals surface area contributed by atoms with E-state index in [1.54, 1.807) is 11.3 Å². The van der Waals surface area contributed by atoms with E-state index in [1.807, 2.05) is 60.5 Å². The van der Waals surface area contributed by atoms with Crippen LogP contribution in [-0.4, -0.2) is 66.3 Å². The standard InChI is InChI=1S/C28H29N9S/c1-3-35-16-22-10-21(35)17-37(22)28-31-18(2)9-26(34-28)33-25-11-23-24(13-29-25)38-27(32-23)20-12-30-36(15-20)14-19-7-5-4-6-8-19/h4-9,11-13,15,21-22H,3,10,14,16-17H2,1-2H3,(H,29,31,33,34)/t21-,22-/m0/s1. The SMILES string of the molecule is CCN1C[C@@H]2C[C@H]1CN2c1nc(C)cc(Nc2cc3nc(-c4cnn(Cc5ccccc5)c4)sc3cn2)n1. The molecule has 5 aromatic rings. The summed E-state index contributed by atoms with van der Waals surface area (Å²) in [5.74, 6) is 2.28. The first-order valence-corrected chi connectivity index (χ1v) is 13.9. The number of likely N-dealkylation sites (N-methyl/N-ethyl adjacent to an activating group) is 1. The van der Waals surface area contributed by atoms with Gasteiger partial charge in [-0.3, -0.25) is 9.58 Å². The van der Waals surface area contributed by atoms with Crippen molar-refractivity contribution in [2.24, 2.45) is 0 Å². The molecule has 0 aliphatic carbocycles. The van der Waals surface area contributed by atoms with Crippen molar-refractivity contribution >= 4 is 39.1 Å². The molecule has 0 spiro atoms. The van der Waals surface area contributed by atoms with Crippen molar-refractivity contribution in [3.63, 3.8) is 0 Å². The summed E-state index contributed by atoms with van der Waals surface area (Å²) in [6.45, 7) is 8.19. The molecule has 2 atom stereocenters. The monoisotopic (exact) mass is 523 g/mol. The Kier molecular flexibility index (Phi) is 5.78. The van der Waals surface area contributed by atoms with Gasteiger partial charge in [0.15, 0.2) is 0 Å². The third kappa shape index (κ3) is 4.39. The maximum absolute atomic E-state index is 4.88. The summed E-state index contributed by atoms with van der Waals surface area (Å²) in [6.07, 6.45) is 7.00. The highest BCUT2D eigenvalue weighted by atomic mass is 32.1. The minimum absolute atomic E-state index is 0.495. The van der Waals surface area contributed by atoms with Crippen LogP contribution in [0, 0.1) is 6.92 Å². The molecule has 2 aliphatic heterocycles. The summed E-state index contributed by atoms with van der Waals surface area (Å²) >= 11 is 1.62. The largest absolute Gasteiger partial charge is 0.335 e. The van der Waals surface area contributed by atoms with E-state index in [0.717, 1.165) is 70.2 Å². The van der Waals surface area contributed by atoms with E-state index in [0.29, 0.717) is 12.1 Å². The molecule has 0 unspecified atom stereocenters. The van der Waals surface area contributed by atoms with E-state index in [2.05, 4.69) is 44.3 Å². The van der Waals surface area contributed by atoms with Gasteiger partial charge in [-0.05, 0) is 25.5 Å². The first-order chi connectivity index (χ1) is 18.6. The van der Waals surface area contributed by atoms with E-state index in [-0.39, 0.29) is 0 Å². The predicted molar refractivity (Wildman–Crippen MR) is 151 cm³/mol. The average Bonchev–Trinajstić information content (AvgIpc) is 3.71. The van der Waals surface area contributed by atoms with Gasteiger partial charge in [-0.15, -0.1) is 11.3 Å². The van der Waals surface area contributed by atoms with E-state index >= 15 is 0 Å². The Morgan fingerprint density at radius 3 is 2.71 bits per heavy atom. The number of aryl methyl sites for hydroxylation is 1. The van der Waals surface area contributed by atoms with Crippen LogP contribution >= 0.6 is 11.3 Å². The molecule has 0 amide bonds. The molecule has 0 radical (unpaired) electrons. The third-order valence-corrected chi connectivity index (χ3v) is 8.51. The first kappa shape index (κ1) is 23.2. The molecule has 1 N–H and O–H groups in total. The second-order valence-electron chi connectivity index (χ2n) is 10.1. The van der Waals surface area contributed by atoms with Gasteiger partial charge in [0.25, 0.3) is 0 Å². The first-order valence-electron chi connectivity index (χ1n) is 13.1. The number of rotatable bonds is 7. The molecule has 0 saturated carbocycles. The summed E-state index contributed by atoms with van der Waals surface area (Å²) in [7, 11) is 0. The fraction of sp³-hybridized carbons (Fsp3) is 0.321. The normalized spacial score (nSPS) is 19.1. The number of benzene rings is 1. The lowest BCUT2D eigenvalue weighted by Crippen LogP contribution is -2.46. The summed E-state index contributed by atoms with van der Waals surface area (Å²) in [5, 5.41) is 8.87. The maximum atomic E-state index is 4.88. The quantitative estimate of drug-likeness (QED) is 0.328. The summed E-state index contributed by atoms with van der Waals surface area (Å²) < 4.78 is 2.98. The Bertz CT molecular complexity index is 1590. The zero-order valence-corrected chi connectivity index (χ0v) is 22.3. The summed E-state index contributed by atoms with van der Waals surface area (Å²) in [6, 6.07) is 15.4. The Hall–Kier alpha value is -3.89. The van der Waals surface area contributed by atoms with E-state index in [4.69, 9.17) is 15.0 Å². The minimum atomic E-state index is 0.495. The van der Waals surface area contributed by atoms with Crippen LogP contribution in [0.5, 0.6) is 0 Å². The number of hydrogen-bond donors (Lipinski definition) is 1. The van der Waals surface area contributed by atoms with Crippen molar-refractivity contribution in [3.05, 3.63) is 72.3 Å². The molecule has 38 heavy (non-hydrogen) atoms. The van der Waals surface area contributed by atoms with Crippen LogP contribution < -0.4 is 10.2 Å². The number of nitrogens with one attached hydrogen (secondary N) is 1. The third-order valence-electron chi connectivity index (χ3n) is 7.46. The average molecular weight is 524 g/mol. The molecule has 2 aliphatic rings. The van der Waals surface area contributed by atoms with Crippen molar-refractivity contribution in [2.75, 3.05) is 29.9 Å². The Morgan fingerprint density at radius 2 is 1.89 bits per heavy atom. The van der Waals surface area contributed by atoms with Gasteiger partial charge in [0.1, 0.15) is 16.6 Å². The zero-order valence-electron chi connectivity index (χ0n) is 21.4. The molecule has 7 rings (SSSR count). The molecule has 1 aromatic carbocycles. The van der Waals surface area contributed by atoms with Crippen LogP contribution in [0.2, 0.25) is 0 Å². The van der Waals surface area contributed by atoms with Crippen LogP contribution in [0.4, 0.5) is 17.6 Å². The smallest absolute Gasteiger partial charge is 0.227 e. The number of anilines is 3. The lowest BCUT2D eigenvalue weighted by molar-refractivity contribution is 0.250. The van der Waals surface area contributed by atoms with Crippen LogP contribution in [-0.2, 0) is 6.54 Å².